The quantitative estimate of drug-likeness (QED) is 0.349. The van der Waals surface area contributed by atoms with Crippen LogP contribution in [0.15, 0.2) is 72.8 Å². The molecule has 5 nitrogen and oxygen atoms in total. The molecule has 0 amide bonds. The van der Waals surface area contributed by atoms with Crippen LogP contribution in [0.5, 0.6) is 0 Å². The highest BCUT2D eigenvalue weighted by Crippen LogP contribution is 2.43. The molecular weight excluding hydrogens is 350 g/mol. The molecule has 28 heavy (non-hydrogen) atoms. The fourth-order valence-electron chi connectivity index (χ4n) is 3.73. The number of rotatable bonds is 6. The van der Waals surface area contributed by atoms with Crippen LogP contribution in [-0.2, 0) is 0 Å². The second kappa shape index (κ2) is 8.13. The number of hydrogen-bond donors (Lipinski definition) is 0. The third-order valence-electron chi connectivity index (χ3n) is 4.86. The Morgan fingerprint density at radius 2 is 1.36 bits per heavy atom. The van der Waals surface area contributed by atoms with Gasteiger partial charge in [-0.15, -0.1) is 0 Å². The zero-order valence-electron chi connectivity index (χ0n) is 16.7. The van der Waals surface area contributed by atoms with E-state index in [1.807, 2.05) is 69.5 Å². The standard InChI is InChI=1S/C23H25N3O2/c1-24(2)20-15-9-8-13-18(20)22(17-11-6-5-7-12-17)19-14-10-16-21(26(27)28)23(19)25(3)4/h5-16,22H,1-4H3. The molecule has 3 aromatic carbocycles. The van der Waals surface area contributed by atoms with E-state index in [9.17, 15) is 10.1 Å². The van der Waals surface area contributed by atoms with E-state index in [0.717, 1.165) is 22.4 Å². The predicted molar refractivity (Wildman–Crippen MR) is 116 cm³/mol. The van der Waals surface area contributed by atoms with E-state index in [2.05, 4.69) is 29.2 Å². The lowest BCUT2D eigenvalue weighted by Gasteiger charge is -2.28. The van der Waals surface area contributed by atoms with Gasteiger partial charge in [0.05, 0.1) is 4.92 Å². The fraction of sp³-hybridized carbons (Fsp3) is 0.217. The highest BCUT2D eigenvalue weighted by Gasteiger charge is 2.28. The summed E-state index contributed by atoms with van der Waals surface area (Å²) in [5.41, 5.74) is 4.97. The van der Waals surface area contributed by atoms with E-state index >= 15 is 0 Å². The van der Waals surface area contributed by atoms with Crippen LogP contribution in [-0.4, -0.2) is 33.1 Å². The topological polar surface area (TPSA) is 49.6 Å². The normalized spacial score (nSPS) is 11.7. The van der Waals surface area contributed by atoms with E-state index in [1.165, 1.54) is 0 Å². The van der Waals surface area contributed by atoms with Gasteiger partial charge in [-0.2, -0.15) is 0 Å². The van der Waals surface area contributed by atoms with Gasteiger partial charge in [0.2, 0.25) is 0 Å². The Kier molecular flexibility index (Phi) is 5.64. The van der Waals surface area contributed by atoms with Gasteiger partial charge < -0.3 is 9.80 Å². The second-order valence-corrected chi connectivity index (χ2v) is 7.16. The molecule has 3 aromatic rings. The maximum Gasteiger partial charge on any atom is 0.292 e. The molecule has 0 N–H and O–H groups in total. The number of nitrogens with zero attached hydrogens (tertiary/aromatic N) is 3. The molecule has 0 aromatic heterocycles. The molecule has 0 aliphatic heterocycles. The molecule has 144 valence electrons. The Bertz CT molecular complexity index is 969. The van der Waals surface area contributed by atoms with Crippen LogP contribution in [0.2, 0.25) is 0 Å². The first-order valence-corrected chi connectivity index (χ1v) is 9.17. The maximum absolute atomic E-state index is 11.7. The maximum atomic E-state index is 11.7. The number of nitro groups is 1. The third-order valence-corrected chi connectivity index (χ3v) is 4.86. The van der Waals surface area contributed by atoms with Gasteiger partial charge in [-0.3, -0.25) is 10.1 Å². The minimum Gasteiger partial charge on any atom is -0.377 e. The van der Waals surface area contributed by atoms with Gasteiger partial charge in [-0.25, -0.2) is 0 Å². The van der Waals surface area contributed by atoms with Crippen molar-refractivity contribution in [1.82, 2.24) is 0 Å². The van der Waals surface area contributed by atoms with Crippen molar-refractivity contribution in [3.63, 3.8) is 0 Å². The average molecular weight is 375 g/mol. The van der Waals surface area contributed by atoms with Gasteiger partial charge in [-0.1, -0.05) is 60.7 Å². The van der Waals surface area contributed by atoms with Crippen LogP contribution in [0.1, 0.15) is 22.6 Å². The van der Waals surface area contributed by atoms with Gasteiger partial charge in [0.25, 0.3) is 5.69 Å². The fourth-order valence-corrected chi connectivity index (χ4v) is 3.73. The highest BCUT2D eigenvalue weighted by atomic mass is 16.6. The van der Waals surface area contributed by atoms with Crippen molar-refractivity contribution in [3.05, 3.63) is 99.6 Å². The number of anilines is 2. The van der Waals surface area contributed by atoms with Crippen LogP contribution in [0.3, 0.4) is 0 Å². The molecule has 0 fully saturated rings. The lowest BCUT2D eigenvalue weighted by molar-refractivity contribution is -0.384. The van der Waals surface area contributed by atoms with Gasteiger partial charge in [0.15, 0.2) is 0 Å². The largest absolute Gasteiger partial charge is 0.377 e. The first kappa shape index (κ1) is 19.4. The SMILES string of the molecule is CN(C)c1ccccc1C(c1ccccc1)c1cccc([N+](=O)[O-])c1N(C)C. The smallest absolute Gasteiger partial charge is 0.292 e. The van der Waals surface area contributed by atoms with E-state index in [0.29, 0.717) is 5.69 Å². The number of nitro benzene ring substituents is 1. The van der Waals surface area contributed by atoms with Gasteiger partial charge in [-0.05, 0) is 22.8 Å². The van der Waals surface area contributed by atoms with Crippen molar-refractivity contribution >= 4 is 17.1 Å². The van der Waals surface area contributed by atoms with Gasteiger partial charge in [0, 0.05) is 45.9 Å². The molecule has 0 saturated carbocycles. The van der Waals surface area contributed by atoms with Crippen LogP contribution >= 0.6 is 0 Å². The lowest BCUT2D eigenvalue weighted by atomic mass is 9.82. The van der Waals surface area contributed by atoms with Crippen molar-refractivity contribution in [2.75, 3.05) is 38.0 Å². The van der Waals surface area contributed by atoms with Gasteiger partial charge >= 0.3 is 0 Å². The van der Waals surface area contributed by atoms with Crippen LogP contribution < -0.4 is 9.80 Å². The van der Waals surface area contributed by atoms with E-state index in [1.54, 1.807) is 12.1 Å². The summed E-state index contributed by atoms with van der Waals surface area (Å²) in [5, 5.41) is 11.7. The highest BCUT2D eigenvalue weighted by molar-refractivity contribution is 5.72. The summed E-state index contributed by atoms with van der Waals surface area (Å²) >= 11 is 0. The molecule has 0 saturated heterocycles. The molecule has 0 bridgehead atoms. The summed E-state index contributed by atoms with van der Waals surface area (Å²) in [7, 11) is 7.74. The van der Waals surface area contributed by atoms with E-state index in [4.69, 9.17) is 0 Å². The summed E-state index contributed by atoms with van der Waals surface area (Å²) in [6.45, 7) is 0. The zero-order chi connectivity index (χ0) is 20.3. The Labute approximate surface area is 166 Å². The second-order valence-electron chi connectivity index (χ2n) is 7.16. The summed E-state index contributed by atoms with van der Waals surface area (Å²) in [6, 6.07) is 23.7. The third kappa shape index (κ3) is 3.69. The lowest BCUT2D eigenvalue weighted by Crippen LogP contribution is -2.18. The minimum atomic E-state index is -0.307. The monoisotopic (exact) mass is 375 g/mol. The van der Waals surface area contributed by atoms with Crippen molar-refractivity contribution in [1.29, 1.82) is 0 Å². The molecule has 0 heterocycles. The molecule has 5 heteroatoms. The van der Waals surface area contributed by atoms with Gasteiger partial charge in [0.1, 0.15) is 5.69 Å². The summed E-state index contributed by atoms with van der Waals surface area (Å²) < 4.78 is 0. The first-order valence-electron chi connectivity index (χ1n) is 9.17. The van der Waals surface area contributed by atoms with E-state index < -0.39 is 0 Å². The molecular formula is C23H25N3O2. The summed E-state index contributed by atoms with van der Waals surface area (Å²) in [5.74, 6) is -0.128. The molecule has 0 radical (unpaired) electrons. The Hall–Kier alpha value is -3.34. The number of benzene rings is 3. The molecule has 1 atom stereocenters. The molecule has 3 rings (SSSR count). The molecule has 0 spiro atoms. The summed E-state index contributed by atoms with van der Waals surface area (Å²) in [4.78, 5) is 15.3. The van der Waals surface area contributed by atoms with Crippen LogP contribution in [0.25, 0.3) is 0 Å². The van der Waals surface area contributed by atoms with Crippen molar-refractivity contribution in [2.24, 2.45) is 0 Å². The Balaban J connectivity index is 2.35. The molecule has 0 aliphatic rings. The Morgan fingerprint density at radius 1 is 0.750 bits per heavy atom. The Morgan fingerprint density at radius 3 is 1.96 bits per heavy atom. The van der Waals surface area contributed by atoms with Crippen molar-refractivity contribution in [3.8, 4) is 0 Å². The summed E-state index contributed by atoms with van der Waals surface area (Å²) in [6.07, 6.45) is 0. The molecule has 1 unspecified atom stereocenters. The van der Waals surface area contributed by atoms with Crippen molar-refractivity contribution in [2.45, 2.75) is 5.92 Å². The predicted octanol–water partition coefficient (Wildman–Crippen LogP) is 4.91. The van der Waals surface area contributed by atoms with Crippen LogP contribution in [0, 0.1) is 10.1 Å². The average Bonchev–Trinajstić information content (AvgIpc) is 2.69. The molecule has 0 aliphatic carbocycles. The number of hydrogen-bond acceptors (Lipinski definition) is 4. The van der Waals surface area contributed by atoms with Crippen LogP contribution in [0.4, 0.5) is 17.1 Å². The van der Waals surface area contributed by atoms with E-state index in [-0.39, 0.29) is 16.5 Å². The van der Waals surface area contributed by atoms with Crippen molar-refractivity contribution < 1.29 is 4.92 Å². The number of para-hydroxylation sites is 2. The zero-order valence-corrected chi connectivity index (χ0v) is 16.7. The first-order chi connectivity index (χ1) is 13.4. The minimum absolute atomic E-state index is 0.116.